The fourth-order valence-electron chi connectivity index (χ4n) is 0. The maximum absolute atomic E-state index is 10.5. The molecule has 7 heteroatoms. The first-order valence-electron chi connectivity index (χ1n) is 2.10. The Morgan fingerprint density at radius 2 is 1.09 bits per heavy atom. The van der Waals surface area contributed by atoms with E-state index in [1.54, 1.807) is 0 Å². The van der Waals surface area contributed by atoms with Gasteiger partial charge in [0.15, 0.2) is 13.3 Å². The molecule has 0 unspecified atom stereocenters. The van der Waals surface area contributed by atoms with Gasteiger partial charge in [-0.2, -0.15) is 0 Å². The van der Waals surface area contributed by atoms with Crippen LogP contribution in [0.3, 0.4) is 0 Å². The van der Waals surface area contributed by atoms with E-state index < -0.39 is 25.3 Å². The number of hydrogen-bond donors (Lipinski definition) is 2. The van der Waals surface area contributed by atoms with Crippen LogP contribution in [0.4, 0.5) is 8.78 Å². The van der Waals surface area contributed by atoms with Crippen LogP contribution in [0.5, 0.6) is 0 Å². The molecule has 62 valence electrons. The van der Waals surface area contributed by atoms with Crippen molar-refractivity contribution in [1.29, 1.82) is 0 Å². The Bertz CT molecular complexity index is 105. The molecule has 0 aliphatic carbocycles. The Balaban J connectivity index is -0.000000107. The van der Waals surface area contributed by atoms with Crippen molar-refractivity contribution >= 4 is 11.9 Å². The molecule has 11 heavy (non-hydrogen) atoms. The molecule has 0 saturated carbocycles. The summed E-state index contributed by atoms with van der Waals surface area (Å²) in [7, 11) is 0. The Labute approximate surface area is 81.4 Å². The average Bonchev–Trinajstić information content (AvgIpc) is 1.89. The number of alkyl halides is 2. The molecule has 0 atom stereocenters. The fraction of sp³-hybridized carbons (Fsp3) is 0.500. The summed E-state index contributed by atoms with van der Waals surface area (Å²) in [5.41, 5.74) is 0. The minimum Gasteiger partial charge on any atom is -0.479 e. The first-order valence-corrected chi connectivity index (χ1v) is 2.10. The summed E-state index contributed by atoms with van der Waals surface area (Å²) in [6.45, 7) is -2.56. The van der Waals surface area contributed by atoms with Crippen molar-refractivity contribution in [3.05, 3.63) is 0 Å². The molecule has 0 aliphatic heterocycles. The zero-order chi connectivity index (χ0) is 8.57. The van der Waals surface area contributed by atoms with Crippen LogP contribution in [0.25, 0.3) is 0 Å². The van der Waals surface area contributed by atoms with Gasteiger partial charge in [0.1, 0.15) is 0 Å². The van der Waals surface area contributed by atoms with Gasteiger partial charge in [-0.25, -0.2) is 18.4 Å². The second-order valence-electron chi connectivity index (χ2n) is 1.05. The first kappa shape index (κ1) is 17.0. The maximum atomic E-state index is 10.5. The Morgan fingerprint density at radius 1 is 1.00 bits per heavy atom. The molecule has 0 aromatic rings. The van der Waals surface area contributed by atoms with Crippen LogP contribution in [-0.4, -0.2) is 35.5 Å². The maximum Gasteiger partial charge on any atom is 0.335 e. The molecule has 0 aromatic carbocycles. The third kappa shape index (κ3) is 41.8. The Hall–Kier alpha value is -0.278. The van der Waals surface area contributed by atoms with Gasteiger partial charge in [0.25, 0.3) is 0 Å². The number of rotatable bonds is 2. The van der Waals surface area contributed by atoms with Crippen LogP contribution in [-0.2, 0) is 36.9 Å². The first-order chi connectivity index (χ1) is 4.54. The molecule has 4 nitrogen and oxygen atoms in total. The molecule has 0 rings (SSSR count). The van der Waals surface area contributed by atoms with Crippen molar-refractivity contribution in [2.45, 2.75) is 0 Å². The van der Waals surface area contributed by atoms with Crippen LogP contribution in [0, 0.1) is 0 Å². The smallest absolute Gasteiger partial charge is 0.335 e. The average molecular weight is 268 g/mol. The van der Waals surface area contributed by atoms with Gasteiger partial charge in [-0.3, -0.25) is 0 Å². The molecular weight excluding hydrogens is 262 g/mol. The third-order valence-electron chi connectivity index (χ3n) is 0.229. The van der Waals surface area contributed by atoms with E-state index in [0.717, 1.165) is 0 Å². The summed E-state index contributed by atoms with van der Waals surface area (Å²) in [5, 5.41) is 14.7. The second kappa shape index (κ2) is 12.4. The molecule has 0 fully saturated rings. The van der Waals surface area contributed by atoms with E-state index in [-0.39, 0.29) is 27.3 Å². The summed E-state index contributed by atoms with van der Waals surface area (Å²) in [6, 6.07) is 0. The minimum atomic E-state index is -1.41. The summed E-state index contributed by atoms with van der Waals surface area (Å²) >= 11 is 0. The number of hydrogen-bond acceptors (Lipinski definition) is 2. The number of carboxylic acids is 2. The summed E-state index contributed by atoms with van der Waals surface area (Å²) in [4.78, 5) is 18.0. The standard InChI is InChI=1S/2C2H3FO2.Cd/c2*3-1-2(4)5;/h2*1H2,(H,4,5);. The monoisotopic (exact) mass is 270 g/mol. The van der Waals surface area contributed by atoms with Gasteiger partial charge >= 0.3 is 11.9 Å². The minimum absolute atomic E-state index is 0. The third-order valence-corrected chi connectivity index (χ3v) is 0.229. The van der Waals surface area contributed by atoms with E-state index in [0.29, 0.717) is 0 Å². The number of halogens is 2. The topological polar surface area (TPSA) is 74.6 Å². The second-order valence-corrected chi connectivity index (χ2v) is 1.05. The van der Waals surface area contributed by atoms with Crippen LogP contribution in [0.15, 0.2) is 0 Å². The van der Waals surface area contributed by atoms with Crippen LogP contribution < -0.4 is 0 Å². The Morgan fingerprint density at radius 3 is 1.09 bits per heavy atom. The van der Waals surface area contributed by atoms with Gasteiger partial charge in [-0.05, 0) is 0 Å². The predicted molar refractivity (Wildman–Crippen MR) is 27.2 cm³/mol. The molecular formula is C4H6CdF2O4. The van der Waals surface area contributed by atoms with Gasteiger partial charge in [-0.1, -0.05) is 0 Å². The molecule has 0 bridgehead atoms. The van der Waals surface area contributed by atoms with E-state index in [9.17, 15) is 8.78 Å². The van der Waals surface area contributed by atoms with Crippen molar-refractivity contribution in [2.24, 2.45) is 0 Å². The van der Waals surface area contributed by atoms with E-state index in [2.05, 4.69) is 0 Å². The van der Waals surface area contributed by atoms with Crippen LogP contribution in [0.2, 0.25) is 0 Å². The number of aliphatic carboxylic acids is 2. The van der Waals surface area contributed by atoms with Crippen LogP contribution >= 0.6 is 0 Å². The van der Waals surface area contributed by atoms with Crippen molar-refractivity contribution in [2.75, 3.05) is 13.3 Å². The van der Waals surface area contributed by atoms with Crippen LogP contribution in [0.1, 0.15) is 0 Å². The quantitative estimate of drug-likeness (QED) is 0.696. The normalized spacial score (nSPS) is 6.73. The fourth-order valence-corrected chi connectivity index (χ4v) is 0. The molecule has 2 N–H and O–H groups in total. The van der Waals surface area contributed by atoms with Crippen molar-refractivity contribution in [3.8, 4) is 0 Å². The predicted octanol–water partition coefficient (Wildman–Crippen LogP) is 0.0785. The van der Waals surface area contributed by atoms with Gasteiger partial charge in [-0.15, -0.1) is 0 Å². The number of carboxylic acid groups (broad SMARTS) is 2. The van der Waals surface area contributed by atoms with E-state index in [1.807, 2.05) is 0 Å². The van der Waals surface area contributed by atoms with Gasteiger partial charge in [0.2, 0.25) is 0 Å². The van der Waals surface area contributed by atoms with E-state index >= 15 is 0 Å². The summed E-state index contributed by atoms with van der Waals surface area (Å²) in [6.07, 6.45) is 0. The molecule has 0 heterocycles. The van der Waals surface area contributed by atoms with Crippen molar-refractivity contribution < 1.29 is 55.9 Å². The molecule has 0 saturated heterocycles. The molecule has 0 radical (unpaired) electrons. The van der Waals surface area contributed by atoms with Gasteiger partial charge in [0, 0.05) is 27.3 Å². The molecule has 0 spiro atoms. The summed E-state index contributed by atoms with van der Waals surface area (Å²) in [5.74, 6) is -2.82. The van der Waals surface area contributed by atoms with Crippen molar-refractivity contribution in [1.82, 2.24) is 0 Å². The van der Waals surface area contributed by atoms with E-state index in [1.165, 1.54) is 0 Å². The van der Waals surface area contributed by atoms with Gasteiger partial charge < -0.3 is 10.2 Å². The Kier molecular flexibility index (Phi) is 19.2. The summed E-state index contributed by atoms with van der Waals surface area (Å²) < 4.78 is 21.0. The molecule has 0 aliphatic rings. The SMILES string of the molecule is O=C(O)CF.O=C(O)CF.[Cd]. The largest absolute Gasteiger partial charge is 0.479 e. The van der Waals surface area contributed by atoms with E-state index in [4.69, 9.17) is 19.8 Å². The zero-order valence-electron chi connectivity index (χ0n) is 5.59. The number of carbonyl (C=O) groups is 2. The zero-order valence-corrected chi connectivity index (χ0v) is 9.62. The molecule has 0 aromatic heterocycles. The van der Waals surface area contributed by atoms with Gasteiger partial charge in [0.05, 0.1) is 0 Å². The molecule has 0 amide bonds. The van der Waals surface area contributed by atoms with Crippen molar-refractivity contribution in [3.63, 3.8) is 0 Å².